The van der Waals surface area contributed by atoms with E-state index in [0.717, 1.165) is 111 Å². The van der Waals surface area contributed by atoms with Crippen molar-refractivity contribution < 1.29 is 22.8 Å². The number of benzene rings is 16. The van der Waals surface area contributed by atoms with Gasteiger partial charge in [0.25, 0.3) is 0 Å². The molecular formula is C142H141NO3. The van der Waals surface area contributed by atoms with Crippen LogP contribution in [0.15, 0.2) is 310 Å². The smallest absolute Gasteiger partial charge is 0.143 e. The van der Waals surface area contributed by atoms with E-state index in [4.69, 9.17) is 14.6 Å². The quantitative estimate of drug-likeness (QED) is 0.0371. The molecule has 0 aliphatic heterocycles. The molecule has 3 aromatic heterocycles. The van der Waals surface area contributed by atoms with E-state index in [9.17, 15) is 8.22 Å². The second-order valence-electron chi connectivity index (χ2n) is 46.2. The van der Waals surface area contributed by atoms with Gasteiger partial charge in [-0.1, -0.05) is 431 Å². The Morgan fingerprint density at radius 1 is 0.226 bits per heavy atom. The van der Waals surface area contributed by atoms with Crippen molar-refractivity contribution in [2.24, 2.45) is 0 Å². The molecule has 0 atom stereocenters. The van der Waals surface area contributed by atoms with Crippen LogP contribution >= 0.6 is 0 Å². The number of unbranched alkanes of at least 4 members (excludes halogenated alkanes) is 20. The Morgan fingerprint density at radius 3 is 0.952 bits per heavy atom. The highest BCUT2D eigenvalue weighted by Crippen LogP contribution is 2.65. The lowest BCUT2D eigenvalue weighted by molar-refractivity contribution is 0.398. The van der Waals surface area contributed by atoms with Gasteiger partial charge in [0.05, 0.1) is 20.7 Å². The van der Waals surface area contributed by atoms with E-state index in [1.165, 1.54) is 291 Å². The maximum atomic E-state index is 10.5. The van der Waals surface area contributed by atoms with Crippen molar-refractivity contribution in [1.82, 2.24) is 0 Å². The van der Waals surface area contributed by atoms with Crippen LogP contribution in [0, 0.1) is 0 Å². The SMILES string of the molecule is [2H]c1c([2H])c([2H])c2c(oc3c([2H])c([2H])c([2H])c(N(c4ccc5c(c4)C(C)(C)c4cc(-c6ccc7c(c6)C(C)(C)c6cc(-c8ccc9c(c8)C(CCCCCCCC)(CCCCCCCC)c8ccccc8-9)ccc6-7)c6oc7ccccc7c6c4-5)c4ccc5c(c4)C(C)(C)c4cc(-c6ccc7c(c6)C(C)(C)c6cc(-c8ccc9c(c8)C(CCCCCCCC)(CCCCCCCC)c8ccccc8-9)ccc6-7)c6oc7ccccc7c6c4-5)c32)c1[2H]. The molecule has 0 unspecified atom stereocenters. The molecule has 6 aliphatic rings. The summed E-state index contributed by atoms with van der Waals surface area (Å²) in [6.45, 7) is 28.2. The van der Waals surface area contributed by atoms with E-state index in [1.807, 2.05) is 4.90 Å². The minimum atomic E-state index is -0.698. The van der Waals surface area contributed by atoms with Gasteiger partial charge in [0, 0.05) is 81.9 Å². The van der Waals surface area contributed by atoms with Crippen molar-refractivity contribution in [3.05, 3.63) is 364 Å². The minimum Gasteiger partial charge on any atom is -0.456 e. The predicted molar refractivity (Wildman–Crippen MR) is 619 cm³/mol. The highest BCUT2D eigenvalue weighted by Gasteiger charge is 2.48. The van der Waals surface area contributed by atoms with Gasteiger partial charge < -0.3 is 18.2 Å². The van der Waals surface area contributed by atoms with Gasteiger partial charge in [-0.15, -0.1) is 0 Å². The van der Waals surface area contributed by atoms with Crippen molar-refractivity contribution >= 4 is 82.9 Å². The zero-order chi connectivity index (χ0) is 105. The average molecular weight is 1920 g/mol. The molecule has 4 heteroatoms. The van der Waals surface area contributed by atoms with Gasteiger partial charge in [-0.3, -0.25) is 0 Å². The van der Waals surface area contributed by atoms with Crippen LogP contribution in [0.3, 0.4) is 0 Å². The third kappa shape index (κ3) is 14.9. The molecule has 0 N–H and O–H groups in total. The highest BCUT2D eigenvalue weighted by molar-refractivity contribution is 6.21. The van der Waals surface area contributed by atoms with Gasteiger partial charge in [-0.2, -0.15) is 0 Å². The Hall–Kier alpha value is -13.3. The fourth-order valence-electron chi connectivity index (χ4n) is 28.4. The molecule has 146 heavy (non-hydrogen) atoms. The molecule has 0 radical (unpaired) electrons. The van der Waals surface area contributed by atoms with E-state index in [1.54, 1.807) is 0 Å². The summed E-state index contributed by atoms with van der Waals surface area (Å²) in [5.41, 5.74) is 41.8. The molecule has 0 saturated carbocycles. The molecule has 3 heterocycles. The van der Waals surface area contributed by atoms with E-state index >= 15 is 0 Å². The van der Waals surface area contributed by atoms with Crippen molar-refractivity contribution in [1.29, 1.82) is 0 Å². The number of furan rings is 3. The van der Waals surface area contributed by atoms with Crippen molar-refractivity contribution in [2.75, 3.05) is 4.90 Å². The maximum absolute atomic E-state index is 10.5. The molecule has 732 valence electrons. The third-order valence-electron chi connectivity index (χ3n) is 36.2. The lowest BCUT2D eigenvalue weighted by Crippen LogP contribution is -2.25. The Bertz CT molecular complexity index is 8400. The fraction of sp³-hybridized carbons (Fsp3) is 0.324. The summed E-state index contributed by atoms with van der Waals surface area (Å²) in [4.78, 5) is 2.01. The van der Waals surface area contributed by atoms with Crippen molar-refractivity contribution in [3.8, 4) is 111 Å². The largest absolute Gasteiger partial charge is 0.456 e. The number of rotatable bonds is 35. The van der Waals surface area contributed by atoms with Gasteiger partial charge >= 0.3 is 0 Å². The molecule has 0 bridgehead atoms. The summed E-state index contributed by atoms with van der Waals surface area (Å²) in [5.74, 6) is 0. The molecule has 0 saturated heterocycles. The Kier molecular flexibility index (Phi) is 21.8. The zero-order valence-corrected chi connectivity index (χ0v) is 87.7. The fourth-order valence-corrected chi connectivity index (χ4v) is 28.4. The predicted octanol–water partition coefficient (Wildman–Crippen LogP) is 42.3. The summed E-state index contributed by atoms with van der Waals surface area (Å²) in [5, 5.41) is 4.27. The minimum absolute atomic E-state index is 0.0307. The first kappa shape index (κ1) is 85.9. The molecule has 6 aliphatic carbocycles. The molecular weight excluding hydrogens is 1770 g/mol. The van der Waals surface area contributed by atoms with Crippen LogP contribution in [-0.4, -0.2) is 0 Å². The van der Waals surface area contributed by atoms with Gasteiger partial charge in [-0.25, -0.2) is 0 Å². The number of para-hydroxylation sites is 3. The highest BCUT2D eigenvalue weighted by atomic mass is 16.3. The topological polar surface area (TPSA) is 42.7 Å². The molecule has 16 aromatic carbocycles. The second kappa shape index (κ2) is 37.0. The summed E-state index contributed by atoms with van der Waals surface area (Å²) in [7, 11) is 0. The Balaban J connectivity index is 0.581. The van der Waals surface area contributed by atoms with Crippen LogP contribution in [0.1, 0.15) is 339 Å². The van der Waals surface area contributed by atoms with Crippen molar-refractivity contribution in [3.63, 3.8) is 0 Å². The van der Waals surface area contributed by atoms with Crippen LogP contribution < -0.4 is 4.90 Å². The first-order chi connectivity index (χ1) is 74.2. The van der Waals surface area contributed by atoms with Gasteiger partial charge in [0.2, 0.25) is 0 Å². The lowest BCUT2D eigenvalue weighted by Gasteiger charge is -2.33. The Labute approximate surface area is 875 Å². The first-order valence-electron chi connectivity index (χ1n) is 59.3. The van der Waals surface area contributed by atoms with Crippen LogP contribution in [0.2, 0.25) is 0 Å². The summed E-state index contributed by atoms with van der Waals surface area (Å²) in [6, 6.07) is 94.5. The average Bonchev–Trinajstić information content (AvgIpc) is 1.53. The van der Waals surface area contributed by atoms with Crippen LogP contribution in [-0.2, 0) is 32.5 Å². The Morgan fingerprint density at radius 2 is 0.541 bits per heavy atom. The molecule has 19 aromatic rings. The number of hydrogen-bond acceptors (Lipinski definition) is 4. The standard InChI is InChI=1S/C142H141NO3/c1-13-17-21-25-29-43-76-141(77-44-30-26-22-18-14-2)113-53-38-33-48-98(113)104-70-62-92(82-121(104)141)90-60-68-100-102-72-64-94(84-117(102)137(5,6)115(100)80-90)111-88-123-130(133-109-51-36-41-57-127(109)145-135(111)133)106-74-66-96(86-119(106)139(123,9)10)143(125-55-47-59-129-132(125)108-50-35-40-56-126(108)144-129)97-67-75-107-120(87-97)140(11,12)124-89-112(136-134(131(107)124)110-52-37-42-58-128(110)146-136)95-65-73-103-101-69-61-91(81-116(101)138(7,8)118(103)85-95)93-63-71-105-99-49-34-39-54-114(99)142(122(105)83-93,78-45-31-27-23-19-15-3)79-46-32-28-24-20-16-4/h33-42,47-75,80-89H,13-32,43-46,76-79H2,1-12H3/i35D,40D,47D,50D,55D,56D,59D. The van der Waals surface area contributed by atoms with E-state index < -0.39 is 35.0 Å². The summed E-state index contributed by atoms with van der Waals surface area (Å²) >= 11 is 0. The molecule has 0 spiro atoms. The van der Waals surface area contributed by atoms with Gasteiger partial charge in [-0.05, 0) is 296 Å². The lowest BCUT2D eigenvalue weighted by atomic mass is 9.70. The van der Waals surface area contributed by atoms with Crippen LogP contribution in [0.25, 0.3) is 177 Å². The number of hydrogen-bond donors (Lipinski definition) is 0. The molecule has 0 fully saturated rings. The first-order valence-corrected chi connectivity index (χ1v) is 55.8. The van der Waals surface area contributed by atoms with Gasteiger partial charge in [0.15, 0.2) is 0 Å². The summed E-state index contributed by atoms with van der Waals surface area (Å²) in [6.07, 6.45) is 35.5. The molecule has 0 amide bonds. The van der Waals surface area contributed by atoms with E-state index in [-0.39, 0.29) is 67.4 Å². The number of fused-ring (bicyclic) bond motifs is 29. The third-order valence-corrected chi connectivity index (χ3v) is 36.2. The summed E-state index contributed by atoms with van der Waals surface area (Å²) < 4.78 is 88.8. The normalized spacial score (nSPS) is 15.9. The van der Waals surface area contributed by atoms with E-state index in [2.05, 4.69) is 338 Å². The molecule has 4 nitrogen and oxygen atoms in total. The van der Waals surface area contributed by atoms with Crippen LogP contribution in [0.4, 0.5) is 17.1 Å². The number of anilines is 3. The van der Waals surface area contributed by atoms with E-state index in [0.29, 0.717) is 11.4 Å². The second-order valence-corrected chi connectivity index (χ2v) is 46.2. The molecule has 25 rings (SSSR count). The monoisotopic (exact) mass is 1920 g/mol. The van der Waals surface area contributed by atoms with Crippen molar-refractivity contribution in [2.45, 2.75) is 295 Å². The number of nitrogens with zero attached hydrogens (tertiary/aromatic N) is 1. The van der Waals surface area contributed by atoms with Gasteiger partial charge in [0.1, 0.15) is 33.5 Å². The maximum Gasteiger partial charge on any atom is 0.143 e. The van der Waals surface area contributed by atoms with Crippen LogP contribution in [0.5, 0.6) is 0 Å². The zero-order valence-electron chi connectivity index (χ0n) is 94.7.